The number of carbonyl (C=O) groups is 3. The first kappa shape index (κ1) is 14.6. The molecule has 3 rings (SSSR count). The normalized spacial score (nSPS) is 22.8. The van der Waals surface area contributed by atoms with Gasteiger partial charge >= 0.3 is 5.97 Å². The number of hydrogen-bond donors (Lipinski definition) is 0. The molecule has 0 aromatic heterocycles. The molecule has 1 saturated carbocycles. The van der Waals surface area contributed by atoms with Crippen LogP contribution in [0.1, 0.15) is 46.4 Å². The zero-order chi connectivity index (χ0) is 15.9. The van der Waals surface area contributed by atoms with Gasteiger partial charge < -0.3 is 4.84 Å². The Morgan fingerprint density at radius 1 is 1.23 bits per heavy atom. The molecule has 1 aromatic rings. The highest BCUT2D eigenvalue weighted by Gasteiger charge is 2.46. The van der Waals surface area contributed by atoms with Gasteiger partial charge in [-0.25, -0.2) is 13.6 Å². The van der Waals surface area contributed by atoms with Crippen molar-refractivity contribution in [1.82, 2.24) is 5.06 Å². The molecule has 0 saturated heterocycles. The third-order valence-electron chi connectivity index (χ3n) is 4.02. The van der Waals surface area contributed by atoms with Crippen molar-refractivity contribution in [2.24, 2.45) is 5.92 Å². The summed E-state index contributed by atoms with van der Waals surface area (Å²) in [6, 6.07) is 6.03. The fourth-order valence-electron chi connectivity index (χ4n) is 2.84. The summed E-state index contributed by atoms with van der Waals surface area (Å²) in [6.45, 7) is 0. The maximum atomic E-state index is 13.5. The predicted octanol–water partition coefficient (Wildman–Crippen LogP) is 2.57. The SMILES string of the molecule is O=C(CC1CCCC1(F)F)ON1C(=O)c2ccccc2C1=O. The van der Waals surface area contributed by atoms with Crippen LogP contribution >= 0.6 is 0 Å². The number of nitrogens with zero attached hydrogens (tertiary/aromatic N) is 1. The van der Waals surface area contributed by atoms with Crippen LogP contribution in [0.15, 0.2) is 24.3 Å². The van der Waals surface area contributed by atoms with Gasteiger partial charge in [-0.1, -0.05) is 17.2 Å². The van der Waals surface area contributed by atoms with Crippen molar-refractivity contribution in [2.75, 3.05) is 0 Å². The lowest BCUT2D eigenvalue weighted by Gasteiger charge is -2.19. The van der Waals surface area contributed by atoms with Gasteiger partial charge in [0.05, 0.1) is 17.5 Å². The van der Waals surface area contributed by atoms with Gasteiger partial charge in [0.15, 0.2) is 0 Å². The van der Waals surface area contributed by atoms with E-state index in [2.05, 4.69) is 0 Å². The Bertz CT molecular complexity index is 624. The molecule has 1 fully saturated rings. The molecule has 1 aliphatic carbocycles. The van der Waals surface area contributed by atoms with Crippen LogP contribution in [-0.2, 0) is 9.63 Å². The van der Waals surface area contributed by atoms with E-state index in [9.17, 15) is 23.2 Å². The van der Waals surface area contributed by atoms with E-state index in [0.717, 1.165) is 0 Å². The molecular formula is C15H13F2NO4. The van der Waals surface area contributed by atoms with E-state index in [0.29, 0.717) is 11.5 Å². The Labute approximate surface area is 124 Å². The summed E-state index contributed by atoms with van der Waals surface area (Å²) in [6.07, 6.45) is -0.194. The minimum absolute atomic E-state index is 0.131. The maximum absolute atomic E-state index is 13.5. The number of halogens is 2. The van der Waals surface area contributed by atoms with E-state index in [1.807, 2.05) is 0 Å². The van der Waals surface area contributed by atoms with Gasteiger partial charge in [-0.2, -0.15) is 0 Å². The highest BCUT2D eigenvalue weighted by molar-refractivity contribution is 6.20. The van der Waals surface area contributed by atoms with E-state index >= 15 is 0 Å². The Balaban J connectivity index is 1.68. The third kappa shape index (κ3) is 2.36. The van der Waals surface area contributed by atoms with Gasteiger partial charge in [-0.05, 0) is 25.0 Å². The number of fused-ring (bicyclic) bond motifs is 1. The standard InChI is InChI=1S/C15H13F2NO4/c16-15(17)7-3-4-9(15)8-12(19)22-18-13(20)10-5-1-2-6-11(10)14(18)21/h1-2,5-6,9H,3-4,7-8H2. The number of carbonyl (C=O) groups excluding carboxylic acids is 3. The predicted molar refractivity (Wildman–Crippen MR) is 69.9 cm³/mol. The quantitative estimate of drug-likeness (QED) is 0.805. The fourth-order valence-corrected chi connectivity index (χ4v) is 2.84. The first-order valence-corrected chi connectivity index (χ1v) is 6.96. The number of rotatable bonds is 3. The molecular weight excluding hydrogens is 296 g/mol. The van der Waals surface area contributed by atoms with Crippen LogP contribution in [0.3, 0.4) is 0 Å². The van der Waals surface area contributed by atoms with Crippen molar-refractivity contribution < 1.29 is 28.0 Å². The summed E-state index contributed by atoms with van der Waals surface area (Å²) >= 11 is 0. The number of hydroxylamine groups is 2. The van der Waals surface area contributed by atoms with Gasteiger partial charge in [0, 0.05) is 12.3 Å². The van der Waals surface area contributed by atoms with Gasteiger partial charge in [0.1, 0.15) is 0 Å². The number of alkyl halides is 2. The molecule has 0 spiro atoms. The smallest absolute Gasteiger partial charge is 0.330 e. The molecule has 1 unspecified atom stereocenters. The van der Waals surface area contributed by atoms with Crippen molar-refractivity contribution >= 4 is 17.8 Å². The Morgan fingerprint density at radius 3 is 2.32 bits per heavy atom. The molecule has 116 valence electrons. The zero-order valence-corrected chi connectivity index (χ0v) is 11.6. The Morgan fingerprint density at radius 2 is 1.82 bits per heavy atom. The summed E-state index contributed by atoms with van der Waals surface area (Å²) in [5.74, 6) is -6.52. The van der Waals surface area contributed by atoms with Gasteiger partial charge in [0.2, 0.25) is 0 Å². The summed E-state index contributed by atoms with van der Waals surface area (Å²) < 4.78 is 27.0. The maximum Gasteiger partial charge on any atom is 0.333 e. The molecule has 0 radical (unpaired) electrons. The first-order chi connectivity index (χ1) is 10.4. The lowest BCUT2D eigenvalue weighted by atomic mass is 10.0. The Kier molecular flexibility index (Phi) is 3.42. The largest absolute Gasteiger partial charge is 0.333 e. The van der Waals surface area contributed by atoms with Crippen LogP contribution in [-0.4, -0.2) is 28.8 Å². The lowest BCUT2D eigenvalue weighted by Crippen LogP contribution is -2.34. The molecule has 1 heterocycles. The minimum atomic E-state index is -2.90. The van der Waals surface area contributed by atoms with Gasteiger partial charge in [-0.3, -0.25) is 9.59 Å². The summed E-state index contributed by atoms with van der Waals surface area (Å²) in [5.41, 5.74) is 0.262. The molecule has 1 atom stereocenters. The molecule has 5 nitrogen and oxygen atoms in total. The van der Waals surface area contributed by atoms with Crippen LogP contribution < -0.4 is 0 Å². The first-order valence-electron chi connectivity index (χ1n) is 6.96. The van der Waals surface area contributed by atoms with E-state index in [-0.39, 0.29) is 24.0 Å². The van der Waals surface area contributed by atoms with E-state index in [4.69, 9.17) is 4.84 Å². The lowest BCUT2D eigenvalue weighted by molar-refractivity contribution is -0.172. The topological polar surface area (TPSA) is 63.7 Å². The highest BCUT2D eigenvalue weighted by atomic mass is 19.3. The number of hydrogen-bond acceptors (Lipinski definition) is 4. The summed E-state index contributed by atoms with van der Waals surface area (Å²) in [5, 5.41) is 0.347. The average Bonchev–Trinajstić information content (AvgIpc) is 2.92. The van der Waals surface area contributed by atoms with Crippen LogP contribution in [0.2, 0.25) is 0 Å². The molecule has 2 amide bonds. The summed E-state index contributed by atoms with van der Waals surface area (Å²) in [7, 11) is 0. The second-order valence-electron chi connectivity index (χ2n) is 5.47. The van der Waals surface area contributed by atoms with E-state index in [1.165, 1.54) is 12.1 Å². The molecule has 1 aliphatic heterocycles. The molecule has 2 aliphatic rings. The fraction of sp³-hybridized carbons (Fsp3) is 0.400. The molecule has 0 N–H and O–H groups in total. The second-order valence-corrected chi connectivity index (χ2v) is 5.47. The van der Waals surface area contributed by atoms with Crippen molar-refractivity contribution in [2.45, 2.75) is 31.6 Å². The monoisotopic (exact) mass is 309 g/mol. The van der Waals surface area contributed by atoms with Crippen molar-refractivity contribution in [3.05, 3.63) is 35.4 Å². The number of imide groups is 1. The molecule has 0 bridgehead atoms. The number of benzene rings is 1. The molecule has 7 heteroatoms. The molecule has 1 aromatic carbocycles. The van der Waals surface area contributed by atoms with Crippen molar-refractivity contribution in [3.63, 3.8) is 0 Å². The van der Waals surface area contributed by atoms with E-state index < -0.39 is 36.0 Å². The van der Waals surface area contributed by atoms with Crippen LogP contribution in [0.4, 0.5) is 8.78 Å². The van der Waals surface area contributed by atoms with Gasteiger partial charge in [0.25, 0.3) is 17.7 Å². The third-order valence-corrected chi connectivity index (χ3v) is 4.02. The minimum Gasteiger partial charge on any atom is -0.330 e. The zero-order valence-electron chi connectivity index (χ0n) is 11.6. The number of amides is 2. The van der Waals surface area contributed by atoms with E-state index in [1.54, 1.807) is 12.1 Å². The van der Waals surface area contributed by atoms with Crippen molar-refractivity contribution in [1.29, 1.82) is 0 Å². The second kappa shape index (κ2) is 5.15. The Hall–Kier alpha value is -2.31. The van der Waals surface area contributed by atoms with Crippen LogP contribution in [0, 0.1) is 5.92 Å². The average molecular weight is 309 g/mol. The highest BCUT2D eigenvalue weighted by Crippen LogP contribution is 2.42. The molecule has 22 heavy (non-hydrogen) atoms. The van der Waals surface area contributed by atoms with Gasteiger partial charge in [-0.15, -0.1) is 0 Å². The van der Waals surface area contributed by atoms with Crippen molar-refractivity contribution in [3.8, 4) is 0 Å². The van der Waals surface area contributed by atoms with Crippen LogP contribution in [0.5, 0.6) is 0 Å². The summed E-state index contributed by atoms with van der Waals surface area (Å²) in [4.78, 5) is 40.5. The van der Waals surface area contributed by atoms with Crippen LogP contribution in [0.25, 0.3) is 0 Å².